The molecule has 1 saturated heterocycles. The van der Waals surface area contributed by atoms with Crippen molar-refractivity contribution in [3.63, 3.8) is 0 Å². The molecule has 1 rings (SSSR count). The van der Waals surface area contributed by atoms with Crippen LogP contribution < -0.4 is 11.3 Å². The van der Waals surface area contributed by atoms with Crippen LogP contribution in [-0.4, -0.2) is 36.9 Å². The van der Waals surface area contributed by atoms with E-state index >= 15 is 0 Å². The fraction of sp³-hybridized carbons (Fsp3) is 0.857. The lowest BCUT2D eigenvalue weighted by Crippen LogP contribution is -2.45. The number of hydrogen-bond acceptors (Lipinski definition) is 4. The second-order valence-corrected chi connectivity index (χ2v) is 2.91. The Morgan fingerprint density at radius 2 is 2.18 bits per heavy atom. The summed E-state index contributed by atoms with van der Waals surface area (Å²) in [6, 6.07) is 0.443. The average Bonchev–Trinajstić information content (AvgIpc) is 2.07. The van der Waals surface area contributed by atoms with Crippen LogP contribution in [0.4, 0.5) is 0 Å². The minimum Gasteiger partial charge on any atom is -0.302 e. The van der Waals surface area contributed by atoms with Crippen molar-refractivity contribution in [3.8, 4) is 0 Å². The van der Waals surface area contributed by atoms with Gasteiger partial charge in [0.1, 0.15) is 6.29 Å². The van der Waals surface area contributed by atoms with E-state index in [4.69, 9.17) is 5.84 Å². The van der Waals surface area contributed by atoms with Crippen molar-refractivity contribution in [1.29, 1.82) is 0 Å². The van der Waals surface area contributed by atoms with Crippen molar-refractivity contribution < 1.29 is 4.79 Å². The Balaban J connectivity index is 2.18. The molecule has 4 nitrogen and oxygen atoms in total. The van der Waals surface area contributed by atoms with Crippen LogP contribution in [0, 0.1) is 0 Å². The van der Waals surface area contributed by atoms with Gasteiger partial charge in [-0.1, -0.05) is 0 Å². The van der Waals surface area contributed by atoms with Crippen LogP contribution in [0.2, 0.25) is 0 Å². The summed E-state index contributed by atoms with van der Waals surface area (Å²) >= 11 is 0. The molecule has 4 heteroatoms. The van der Waals surface area contributed by atoms with Gasteiger partial charge in [-0.25, -0.2) is 0 Å². The van der Waals surface area contributed by atoms with E-state index in [1.165, 1.54) is 0 Å². The highest BCUT2D eigenvalue weighted by Gasteiger charge is 2.16. The van der Waals surface area contributed by atoms with Gasteiger partial charge in [-0.2, -0.15) is 0 Å². The molecule has 1 aliphatic heterocycles. The van der Waals surface area contributed by atoms with Crippen LogP contribution in [-0.2, 0) is 4.79 Å². The minimum atomic E-state index is 0.443. The highest BCUT2D eigenvalue weighted by atomic mass is 16.1. The largest absolute Gasteiger partial charge is 0.302 e. The van der Waals surface area contributed by atoms with Crippen molar-refractivity contribution in [2.75, 3.05) is 19.6 Å². The van der Waals surface area contributed by atoms with Crippen LogP contribution in [0.1, 0.15) is 12.8 Å². The van der Waals surface area contributed by atoms with E-state index in [2.05, 4.69) is 10.3 Å². The van der Waals surface area contributed by atoms with Crippen LogP contribution in [0.15, 0.2) is 0 Å². The Kier molecular flexibility index (Phi) is 3.48. The fourth-order valence-electron chi connectivity index (χ4n) is 1.39. The summed E-state index contributed by atoms with van der Waals surface area (Å²) in [5.41, 5.74) is 2.75. The molecule has 0 aromatic rings. The summed E-state index contributed by atoms with van der Waals surface area (Å²) in [5, 5.41) is 0. The molecule has 0 aromatic carbocycles. The van der Waals surface area contributed by atoms with Crippen LogP contribution in [0.5, 0.6) is 0 Å². The molecule has 0 bridgehead atoms. The maximum absolute atomic E-state index is 10.1. The average molecular weight is 157 g/mol. The highest BCUT2D eigenvalue weighted by molar-refractivity contribution is 5.51. The Morgan fingerprint density at radius 3 is 2.64 bits per heavy atom. The van der Waals surface area contributed by atoms with E-state index in [0.717, 1.165) is 32.2 Å². The molecule has 64 valence electrons. The second kappa shape index (κ2) is 4.43. The standard InChI is InChI=1S/C7H15N3O/c8-9-7-1-3-10(4-2-7)5-6-11/h6-7,9H,1-5,8H2. The molecule has 0 aromatic heterocycles. The van der Waals surface area contributed by atoms with Crippen molar-refractivity contribution in [3.05, 3.63) is 0 Å². The first-order chi connectivity index (χ1) is 5.36. The predicted octanol–water partition coefficient (Wildman–Crippen LogP) is -0.887. The number of likely N-dealkylation sites (tertiary alicyclic amines) is 1. The zero-order valence-corrected chi connectivity index (χ0v) is 6.62. The van der Waals surface area contributed by atoms with Crippen LogP contribution >= 0.6 is 0 Å². The number of hydrazine groups is 1. The number of hydrogen-bond donors (Lipinski definition) is 2. The van der Waals surface area contributed by atoms with Crippen molar-refractivity contribution in [2.24, 2.45) is 5.84 Å². The monoisotopic (exact) mass is 157 g/mol. The van der Waals surface area contributed by atoms with Crippen LogP contribution in [0.3, 0.4) is 0 Å². The minimum absolute atomic E-state index is 0.443. The lowest BCUT2D eigenvalue weighted by atomic mass is 10.1. The lowest BCUT2D eigenvalue weighted by molar-refractivity contribution is -0.109. The molecule has 0 radical (unpaired) electrons. The zero-order valence-electron chi connectivity index (χ0n) is 6.62. The molecule has 3 N–H and O–H groups in total. The molecule has 0 atom stereocenters. The maximum atomic E-state index is 10.1. The molecule has 1 heterocycles. The van der Waals surface area contributed by atoms with Crippen molar-refractivity contribution in [1.82, 2.24) is 10.3 Å². The Bertz CT molecular complexity index is 121. The number of rotatable bonds is 3. The molecule has 0 unspecified atom stereocenters. The summed E-state index contributed by atoms with van der Waals surface area (Å²) in [6.45, 7) is 2.53. The zero-order chi connectivity index (χ0) is 8.10. The van der Waals surface area contributed by atoms with Gasteiger partial charge in [-0.15, -0.1) is 0 Å². The van der Waals surface area contributed by atoms with Gasteiger partial charge >= 0.3 is 0 Å². The Morgan fingerprint density at radius 1 is 1.55 bits per heavy atom. The smallest absolute Gasteiger partial charge is 0.133 e. The van der Waals surface area contributed by atoms with Gasteiger partial charge in [0, 0.05) is 19.1 Å². The summed E-state index contributed by atoms with van der Waals surface area (Å²) in [7, 11) is 0. The quantitative estimate of drug-likeness (QED) is 0.317. The number of nitrogens with two attached hydrogens (primary N) is 1. The third-order valence-electron chi connectivity index (χ3n) is 2.16. The predicted molar refractivity (Wildman–Crippen MR) is 42.8 cm³/mol. The first kappa shape index (κ1) is 8.64. The number of nitrogens with zero attached hydrogens (tertiary/aromatic N) is 1. The third-order valence-corrected chi connectivity index (χ3v) is 2.16. The van der Waals surface area contributed by atoms with Crippen molar-refractivity contribution >= 4 is 6.29 Å². The Labute approximate surface area is 66.7 Å². The topological polar surface area (TPSA) is 58.4 Å². The van der Waals surface area contributed by atoms with Gasteiger partial charge in [0.2, 0.25) is 0 Å². The molecule has 1 fully saturated rings. The molecule has 0 saturated carbocycles. The Hall–Kier alpha value is -0.450. The molecule has 1 aliphatic rings. The molecular formula is C7H15N3O. The van der Waals surface area contributed by atoms with Gasteiger partial charge < -0.3 is 4.79 Å². The second-order valence-electron chi connectivity index (χ2n) is 2.91. The van der Waals surface area contributed by atoms with Gasteiger partial charge in [0.25, 0.3) is 0 Å². The normalized spacial score (nSPS) is 21.9. The molecule has 11 heavy (non-hydrogen) atoms. The number of aldehydes is 1. The number of piperidine rings is 1. The summed E-state index contributed by atoms with van der Waals surface area (Å²) in [6.07, 6.45) is 3.05. The van der Waals surface area contributed by atoms with Crippen molar-refractivity contribution in [2.45, 2.75) is 18.9 Å². The maximum Gasteiger partial charge on any atom is 0.133 e. The van der Waals surface area contributed by atoms with Crippen LogP contribution in [0.25, 0.3) is 0 Å². The molecule has 0 aliphatic carbocycles. The van der Waals surface area contributed by atoms with Gasteiger partial charge in [0.15, 0.2) is 0 Å². The van der Waals surface area contributed by atoms with E-state index in [-0.39, 0.29) is 0 Å². The molecule has 0 spiro atoms. The number of carbonyl (C=O) groups excluding carboxylic acids is 1. The summed E-state index contributed by atoms with van der Waals surface area (Å²) in [5.74, 6) is 5.28. The summed E-state index contributed by atoms with van der Waals surface area (Å²) in [4.78, 5) is 12.3. The SMILES string of the molecule is NNC1CCN(CC=O)CC1. The molecular weight excluding hydrogens is 142 g/mol. The summed E-state index contributed by atoms with van der Waals surface area (Å²) < 4.78 is 0. The van der Waals surface area contributed by atoms with E-state index in [1.807, 2.05) is 0 Å². The van der Waals surface area contributed by atoms with E-state index in [1.54, 1.807) is 0 Å². The van der Waals surface area contributed by atoms with Gasteiger partial charge in [-0.05, 0) is 12.8 Å². The van der Waals surface area contributed by atoms with E-state index in [9.17, 15) is 4.79 Å². The number of nitrogens with one attached hydrogen (secondary N) is 1. The fourth-order valence-corrected chi connectivity index (χ4v) is 1.39. The van der Waals surface area contributed by atoms with E-state index in [0.29, 0.717) is 12.6 Å². The van der Waals surface area contributed by atoms with Gasteiger partial charge in [0.05, 0.1) is 6.54 Å². The first-order valence-electron chi connectivity index (χ1n) is 3.99. The third kappa shape index (κ3) is 2.57. The molecule has 0 amide bonds. The lowest BCUT2D eigenvalue weighted by Gasteiger charge is -2.29. The highest BCUT2D eigenvalue weighted by Crippen LogP contribution is 2.07. The van der Waals surface area contributed by atoms with E-state index < -0.39 is 0 Å². The first-order valence-corrected chi connectivity index (χ1v) is 3.99. The van der Waals surface area contributed by atoms with Gasteiger partial charge in [-0.3, -0.25) is 16.2 Å². The number of carbonyl (C=O) groups is 1.